The molecule has 0 aromatic heterocycles. The first-order chi connectivity index (χ1) is 6.40. The number of hydrogen-bond donors (Lipinski definition) is 0. The lowest BCUT2D eigenvalue weighted by Gasteiger charge is -2.20. The van der Waals surface area contributed by atoms with Crippen molar-refractivity contribution in [2.75, 3.05) is 6.61 Å². The molecule has 2 rings (SSSR count). The van der Waals surface area contributed by atoms with Crippen LogP contribution in [0.4, 0.5) is 0 Å². The van der Waals surface area contributed by atoms with Crippen LogP contribution in [0.5, 0.6) is 0 Å². The molecule has 2 nitrogen and oxygen atoms in total. The highest BCUT2D eigenvalue weighted by Gasteiger charge is 2.40. The summed E-state index contributed by atoms with van der Waals surface area (Å²) in [5.74, 6) is 0.921. The van der Waals surface area contributed by atoms with Gasteiger partial charge in [-0.15, -0.1) is 0 Å². The van der Waals surface area contributed by atoms with E-state index in [0.717, 1.165) is 12.5 Å². The third-order valence-corrected chi connectivity index (χ3v) is 3.16. The summed E-state index contributed by atoms with van der Waals surface area (Å²) < 4.78 is 10.8. The summed E-state index contributed by atoms with van der Waals surface area (Å²) in [6.45, 7) is 2.81. The van der Waals surface area contributed by atoms with Gasteiger partial charge in [-0.2, -0.15) is 0 Å². The van der Waals surface area contributed by atoms with Gasteiger partial charge < -0.3 is 9.47 Å². The third-order valence-electron chi connectivity index (χ3n) is 3.16. The Kier molecular flexibility index (Phi) is 3.23. The molecule has 1 aliphatic heterocycles. The fraction of sp³-hybridized carbons (Fsp3) is 1.00. The number of hydrogen-bond acceptors (Lipinski definition) is 2. The van der Waals surface area contributed by atoms with Crippen molar-refractivity contribution >= 4 is 0 Å². The highest BCUT2D eigenvalue weighted by atomic mass is 16.8. The average molecular weight is 184 g/mol. The average Bonchev–Trinajstić information content (AvgIpc) is 2.86. The molecular weight excluding hydrogens is 164 g/mol. The van der Waals surface area contributed by atoms with Gasteiger partial charge in [0.15, 0.2) is 6.29 Å². The minimum absolute atomic E-state index is 0.145. The Morgan fingerprint density at radius 2 is 2.00 bits per heavy atom. The maximum atomic E-state index is 5.44. The van der Waals surface area contributed by atoms with Crippen molar-refractivity contribution in [2.45, 2.75) is 57.8 Å². The minimum Gasteiger partial charge on any atom is -0.350 e. The predicted molar refractivity (Wildman–Crippen MR) is 51.5 cm³/mol. The van der Waals surface area contributed by atoms with Crippen LogP contribution in [0.2, 0.25) is 0 Å². The number of epoxide rings is 1. The number of ether oxygens (including phenoxy) is 2. The van der Waals surface area contributed by atoms with Crippen molar-refractivity contribution in [3.05, 3.63) is 0 Å². The molecular formula is C11H20O2. The lowest BCUT2D eigenvalue weighted by atomic mass is 9.86. The van der Waals surface area contributed by atoms with Crippen LogP contribution in [-0.2, 0) is 9.47 Å². The van der Waals surface area contributed by atoms with Crippen LogP contribution in [0, 0.1) is 5.92 Å². The van der Waals surface area contributed by atoms with E-state index in [-0.39, 0.29) is 6.29 Å². The van der Waals surface area contributed by atoms with E-state index in [4.69, 9.17) is 9.47 Å². The second kappa shape index (κ2) is 4.43. The normalized spacial score (nSPS) is 34.8. The van der Waals surface area contributed by atoms with E-state index < -0.39 is 0 Å². The quantitative estimate of drug-likeness (QED) is 0.627. The standard InChI is InChI=1S/C11H20O2/c1-2-12-11-10(13-11)8-9-6-4-3-5-7-9/h9-11H,2-8H2,1H3. The Morgan fingerprint density at radius 3 is 2.69 bits per heavy atom. The zero-order valence-corrected chi connectivity index (χ0v) is 8.50. The Bertz CT molecular complexity index is 152. The molecule has 2 atom stereocenters. The molecule has 0 bridgehead atoms. The van der Waals surface area contributed by atoms with Gasteiger partial charge in [-0.1, -0.05) is 32.1 Å². The van der Waals surface area contributed by atoms with Crippen molar-refractivity contribution in [3.8, 4) is 0 Å². The molecule has 1 saturated carbocycles. The summed E-state index contributed by atoms with van der Waals surface area (Å²) in [6, 6.07) is 0. The maximum absolute atomic E-state index is 5.44. The Labute approximate surface area is 80.6 Å². The lowest BCUT2D eigenvalue weighted by Crippen LogP contribution is -2.10. The first-order valence-electron chi connectivity index (χ1n) is 5.67. The monoisotopic (exact) mass is 184 g/mol. The molecule has 2 aliphatic rings. The summed E-state index contributed by atoms with van der Waals surface area (Å²) in [6.07, 6.45) is 8.95. The van der Waals surface area contributed by atoms with E-state index in [1.165, 1.54) is 38.5 Å². The topological polar surface area (TPSA) is 21.8 Å². The summed E-state index contributed by atoms with van der Waals surface area (Å²) in [5, 5.41) is 0. The Hall–Kier alpha value is -0.0800. The zero-order chi connectivity index (χ0) is 9.10. The Balaban J connectivity index is 1.62. The summed E-state index contributed by atoms with van der Waals surface area (Å²) >= 11 is 0. The summed E-state index contributed by atoms with van der Waals surface area (Å²) in [7, 11) is 0. The van der Waals surface area contributed by atoms with E-state index in [1.54, 1.807) is 0 Å². The van der Waals surface area contributed by atoms with Gasteiger partial charge >= 0.3 is 0 Å². The van der Waals surface area contributed by atoms with Gasteiger partial charge in [-0.3, -0.25) is 0 Å². The first-order valence-corrected chi connectivity index (χ1v) is 5.67. The molecule has 0 aromatic carbocycles. The SMILES string of the molecule is CCOC1OC1CC1CCCCC1. The zero-order valence-electron chi connectivity index (χ0n) is 8.50. The van der Waals surface area contributed by atoms with Gasteiger partial charge in [-0.25, -0.2) is 0 Å². The number of rotatable bonds is 4. The van der Waals surface area contributed by atoms with Crippen molar-refractivity contribution in [3.63, 3.8) is 0 Å². The molecule has 1 saturated heterocycles. The fourth-order valence-electron chi connectivity index (χ4n) is 2.36. The van der Waals surface area contributed by atoms with Crippen LogP contribution in [0.1, 0.15) is 45.4 Å². The van der Waals surface area contributed by atoms with Crippen LogP contribution in [0.25, 0.3) is 0 Å². The minimum atomic E-state index is 0.145. The molecule has 0 radical (unpaired) electrons. The Morgan fingerprint density at radius 1 is 1.23 bits per heavy atom. The van der Waals surface area contributed by atoms with Gasteiger partial charge in [0.25, 0.3) is 0 Å². The lowest BCUT2D eigenvalue weighted by molar-refractivity contribution is 0.0593. The largest absolute Gasteiger partial charge is 0.350 e. The van der Waals surface area contributed by atoms with Gasteiger partial charge in [0, 0.05) is 6.61 Å². The highest BCUT2D eigenvalue weighted by Crippen LogP contribution is 2.35. The van der Waals surface area contributed by atoms with Crippen molar-refractivity contribution in [1.82, 2.24) is 0 Å². The van der Waals surface area contributed by atoms with Crippen molar-refractivity contribution in [2.24, 2.45) is 5.92 Å². The molecule has 0 aromatic rings. The van der Waals surface area contributed by atoms with Crippen molar-refractivity contribution < 1.29 is 9.47 Å². The molecule has 76 valence electrons. The predicted octanol–water partition coefficient (Wildman–Crippen LogP) is 2.72. The van der Waals surface area contributed by atoms with Crippen LogP contribution >= 0.6 is 0 Å². The molecule has 2 fully saturated rings. The van der Waals surface area contributed by atoms with Gasteiger partial charge in [0.05, 0.1) is 0 Å². The molecule has 0 amide bonds. The first kappa shape index (κ1) is 9.47. The molecule has 2 heteroatoms. The van der Waals surface area contributed by atoms with E-state index in [2.05, 4.69) is 0 Å². The summed E-state index contributed by atoms with van der Waals surface area (Å²) in [4.78, 5) is 0. The van der Waals surface area contributed by atoms with Gasteiger partial charge in [0.2, 0.25) is 0 Å². The molecule has 0 N–H and O–H groups in total. The second-order valence-electron chi connectivity index (χ2n) is 4.24. The smallest absolute Gasteiger partial charge is 0.184 e. The molecule has 1 heterocycles. The van der Waals surface area contributed by atoms with Crippen LogP contribution < -0.4 is 0 Å². The molecule has 0 spiro atoms. The molecule has 2 unspecified atom stereocenters. The highest BCUT2D eigenvalue weighted by molar-refractivity contribution is 4.81. The summed E-state index contributed by atoms with van der Waals surface area (Å²) in [5.41, 5.74) is 0. The van der Waals surface area contributed by atoms with Gasteiger partial charge in [0.1, 0.15) is 6.10 Å². The van der Waals surface area contributed by atoms with E-state index in [1.807, 2.05) is 6.92 Å². The van der Waals surface area contributed by atoms with Crippen LogP contribution in [0.15, 0.2) is 0 Å². The van der Waals surface area contributed by atoms with Crippen molar-refractivity contribution in [1.29, 1.82) is 0 Å². The molecule has 1 aliphatic carbocycles. The maximum Gasteiger partial charge on any atom is 0.184 e. The van der Waals surface area contributed by atoms with E-state index in [9.17, 15) is 0 Å². The van der Waals surface area contributed by atoms with E-state index in [0.29, 0.717) is 6.10 Å². The van der Waals surface area contributed by atoms with E-state index >= 15 is 0 Å². The van der Waals surface area contributed by atoms with Crippen LogP contribution in [-0.4, -0.2) is 19.0 Å². The fourth-order valence-corrected chi connectivity index (χ4v) is 2.36. The van der Waals surface area contributed by atoms with Crippen LogP contribution in [0.3, 0.4) is 0 Å². The molecule has 13 heavy (non-hydrogen) atoms. The third kappa shape index (κ3) is 2.68. The van der Waals surface area contributed by atoms with Gasteiger partial charge in [-0.05, 0) is 19.3 Å². The second-order valence-corrected chi connectivity index (χ2v) is 4.24.